The van der Waals surface area contributed by atoms with Crippen molar-refractivity contribution in [3.05, 3.63) is 28.1 Å². The van der Waals surface area contributed by atoms with Gasteiger partial charge >= 0.3 is 5.69 Å². The lowest BCUT2D eigenvalue weighted by Gasteiger charge is -2.00. The molecule has 0 atom stereocenters. The first-order valence-corrected chi connectivity index (χ1v) is 4.49. The highest BCUT2D eigenvalue weighted by atomic mass is 32.2. The summed E-state index contributed by atoms with van der Waals surface area (Å²) in [5, 5.41) is 19.4. The molecule has 0 fully saturated rings. The molecule has 0 aliphatic carbocycles. The SMILES string of the molecule is CSc1cc([N+](=O)[O-])c(F)cc1O. The van der Waals surface area contributed by atoms with Gasteiger partial charge in [0.05, 0.1) is 9.82 Å². The number of hydrogen-bond donors (Lipinski definition) is 1. The van der Waals surface area contributed by atoms with Crippen molar-refractivity contribution in [1.82, 2.24) is 0 Å². The Morgan fingerprint density at radius 3 is 2.69 bits per heavy atom. The molecule has 6 heteroatoms. The number of thioether (sulfide) groups is 1. The second-order valence-electron chi connectivity index (χ2n) is 2.23. The maximum atomic E-state index is 12.8. The number of halogens is 1. The Labute approximate surface area is 77.5 Å². The molecule has 0 saturated carbocycles. The van der Waals surface area contributed by atoms with E-state index in [1.807, 2.05) is 0 Å². The van der Waals surface area contributed by atoms with E-state index >= 15 is 0 Å². The first-order chi connectivity index (χ1) is 6.06. The zero-order valence-corrected chi connectivity index (χ0v) is 7.47. The van der Waals surface area contributed by atoms with Crippen molar-refractivity contribution in [3.8, 4) is 5.75 Å². The average Bonchev–Trinajstić information content (AvgIpc) is 2.03. The molecule has 1 aromatic rings. The van der Waals surface area contributed by atoms with Crippen LogP contribution in [0.2, 0.25) is 0 Å². The summed E-state index contributed by atoms with van der Waals surface area (Å²) in [5.41, 5.74) is -0.623. The van der Waals surface area contributed by atoms with E-state index in [0.717, 1.165) is 23.9 Å². The number of hydrogen-bond acceptors (Lipinski definition) is 4. The van der Waals surface area contributed by atoms with Crippen molar-refractivity contribution in [3.63, 3.8) is 0 Å². The molecule has 1 aromatic carbocycles. The molecule has 0 amide bonds. The lowest BCUT2D eigenvalue weighted by atomic mass is 10.3. The van der Waals surface area contributed by atoms with Crippen LogP contribution in [0.5, 0.6) is 5.75 Å². The minimum Gasteiger partial charge on any atom is -0.507 e. The summed E-state index contributed by atoms with van der Waals surface area (Å²) in [6.07, 6.45) is 1.64. The molecule has 1 rings (SSSR count). The largest absolute Gasteiger partial charge is 0.507 e. The van der Waals surface area contributed by atoms with Crippen LogP contribution < -0.4 is 0 Å². The Bertz CT molecular complexity index is 356. The van der Waals surface area contributed by atoms with Gasteiger partial charge in [-0.15, -0.1) is 11.8 Å². The van der Waals surface area contributed by atoms with Crippen LogP contribution in [0.1, 0.15) is 0 Å². The molecule has 0 aromatic heterocycles. The fourth-order valence-corrected chi connectivity index (χ4v) is 1.33. The van der Waals surface area contributed by atoms with Crippen molar-refractivity contribution in [2.45, 2.75) is 4.90 Å². The molecular formula is C7H6FNO3S. The van der Waals surface area contributed by atoms with Crippen molar-refractivity contribution in [2.75, 3.05) is 6.26 Å². The smallest absolute Gasteiger partial charge is 0.306 e. The highest BCUT2D eigenvalue weighted by Crippen LogP contribution is 2.32. The van der Waals surface area contributed by atoms with Gasteiger partial charge in [-0.1, -0.05) is 0 Å². The van der Waals surface area contributed by atoms with Crippen molar-refractivity contribution >= 4 is 17.4 Å². The van der Waals surface area contributed by atoms with Crippen LogP contribution >= 0.6 is 11.8 Å². The van der Waals surface area contributed by atoms with E-state index in [1.165, 1.54) is 0 Å². The van der Waals surface area contributed by atoms with Gasteiger partial charge in [-0.3, -0.25) is 10.1 Å². The third-order valence-corrected chi connectivity index (χ3v) is 2.21. The molecule has 0 aliphatic heterocycles. The number of benzene rings is 1. The summed E-state index contributed by atoms with van der Waals surface area (Å²) in [6, 6.07) is 1.75. The summed E-state index contributed by atoms with van der Waals surface area (Å²) in [7, 11) is 0. The van der Waals surface area contributed by atoms with Gasteiger partial charge in [0.1, 0.15) is 5.75 Å². The highest BCUT2D eigenvalue weighted by molar-refractivity contribution is 7.98. The van der Waals surface area contributed by atoms with Crippen LogP contribution in [-0.4, -0.2) is 16.3 Å². The van der Waals surface area contributed by atoms with Gasteiger partial charge in [0, 0.05) is 12.1 Å². The van der Waals surface area contributed by atoms with E-state index in [4.69, 9.17) is 5.11 Å². The maximum absolute atomic E-state index is 12.8. The molecule has 4 nitrogen and oxygen atoms in total. The molecule has 0 heterocycles. The molecular weight excluding hydrogens is 197 g/mol. The molecule has 13 heavy (non-hydrogen) atoms. The second kappa shape index (κ2) is 3.61. The second-order valence-corrected chi connectivity index (χ2v) is 3.08. The van der Waals surface area contributed by atoms with Gasteiger partial charge in [0.2, 0.25) is 5.82 Å². The number of phenols is 1. The first-order valence-electron chi connectivity index (χ1n) is 3.27. The minimum atomic E-state index is -1.03. The lowest BCUT2D eigenvalue weighted by Crippen LogP contribution is -1.92. The zero-order valence-electron chi connectivity index (χ0n) is 6.65. The topological polar surface area (TPSA) is 63.4 Å². The van der Waals surface area contributed by atoms with Crippen LogP contribution in [0.15, 0.2) is 17.0 Å². The van der Waals surface area contributed by atoms with Gasteiger partial charge in [-0.05, 0) is 6.26 Å². The Hall–Kier alpha value is -1.30. The molecule has 1 N–H and O–H groups in total. The van der Waals surface area contributed by atoms with Crippen molar-refractivity contribution in [1.29, 1.82) is 0 Å². The Kier molecular flexibility index (Phi) is 2.72. The summed E-state index contributed by atoms with van der Waals surface area (Å²) in [5.74, 6) is -1.31. The van der Waals surface area contributed by atoms with Gasteiger partial charge in [0.25, 0.3) is 0 Å². The Morgan fingerprint density at radius 1 is 1.62 bits per heavy atom. The monoisotopic (exact) mass is 203 g/mol. The molecule has 0 spiro atoms. The average molecular weight is 203 g/mol. The quantitative estimate of drug-likeness (QED) is 0.454. The van der Waals surface area contributed by atoms with Crippen LogP contribution in [-0.2, 0) is 0 Å². The maximum Gasteiger partial charge on any atom is 0.306 e. The summed E-state index contributed by atoms with van der Waals surface area (Å²) in [6.45, 7) is 0. The summed E-state index contributed by atoms with van der Waals surface area (Å²) < 4.78 is 12.8. The molecule has 0 radical (unpaired) electrons. The Morgan fingerprint density at radius 2 is 2.23 bits per heavy atom. The molecule has 0 saturated heterocycles. The summed E-state index contributed by atoms with van der Waals surface area (Å²) >= 11 is 1.11. The van der Waals surface area contributed by atoms with Crippen LogP contribution in [0, 0.1) is 15.9 Å². The number of aromatic hydroxyl groups is 1. The fraction of sp³-hybridized carbons (Fsp3) is 0.143. The number of nitrogens with zero attached hydrogens (tertiary/aromatic N) is 1. The molecule has 0 aliphatic rings. The predicted molar refractivity (Wildman–Crippen MR) is 46.5 cm³/mol. The van der Waals surface area contributed by atoms with Gasteiger partial charge in [0.15, 0.2) is 0 Å². The third kappa shape index (κ3) is 1.89. The standard InChI is InChI=1S/C7H6FNO3S/c1-13-7-3-5(9(11)12)4(8)2-6(7)10/h2-3,10H,1H3. The zero-order chi connectivity index (χ0) is 10.0. The lowest BCUT2D eigenvalue weighted by molar-refractivity contribution is -0.387. The van der Waals surface area contributed by atoms with Crippen LogP contribution in [0.3, 0.4) is 0 Å². The van der Waals surface area contributed by atoms with E-state index in [2.05, 4.69) is 0 Å². The van der Waals surface area contributed by atoms with Crippen LogP contribution in [0.25, 0.3) is 0 Å². The number of nitro groups is 1. The van der Waals surface area contributed by atoms with E-state index in [-0.39, 0.29) is 10.6 Å². The van der Waals surface area contributed by atoms with E-state index in [1.54, 1.807) is 6.26 Å². The van der Waals surface area contributed by atoms with E-state index in [9.17, 15) is 14.5 Å². The van der Waals surface area contributed by atoms with Gasteiger partial charge in [-0.25, -0.2) is 0 Å². The van der Waals surface area contributed by atoms with Gasteiger partial charge < -0.3 is 5.11 Å². The number of nitro benzene ring substituents is 1. The first kappa shape index (κ1) is 9.79. The fourth-order valence-electron chi connectivity index (χ4n) is 0.836. The highest BCUT2D eigenvalue weighted by Gasteiger charge is 2.17. The van der Waals surface area contributed by atoms with Gasteiger partial charge in [-0.2, -0.15) is 4.39 Å². The predicted octanol–water partition coefficient (Wildman–Crippen LogP) is 2.16. The minimum absolute atomic E-state index is 0.282. The van der Waals surface area contributed by atoms with E-state index < -0.39 is 16.4 Å². The van der Waals surface area contributed by atoms with Crippen molar-refractivity contribution < 1.29 is 14.4 Å². The van der Waals surface area contributed by atoms with E-state index in [0.29, 0.717) is 0 Å². The molecule has 70 valence electrons. The Balaban J connectivity index is 3.30. The molecule has 0 bridgehead atoms. The number of phenolic OH excluding ortho intramolecular Hbond substituents is 1. The number of rotatable bonds is 2. The van der Waals surface area contributed by atoms with Crippen molar-refractivity contribution in [2.24, 2.45) is 0 Å². The summed E-state index contributed by atoms with van der Waals surface area (Å²) in [4.78, 5) is 9.74. The van der Waals surface area contributed by atoms with Crippen LogP contribution in [0.4, 0.5) is 10.1 Å². The normalized spacial score (nSPS) is 10.0. The molecule has 0 unspecified atom stereocenters. The third-order valence-electron chi connectivity index (χ3n) is 1.45.